The molecule has 0 spiro atoms. The van der Waals surface area contributed by atoms with Crippen molar-refractivity contribution in [1.82, 2.24) is 10.3 Å². The summed E-state index contributed by atoms with van der Waals surface area (Å²) < 4.78 is 6.18. The Hall–Kier alpha value is -1.39. The van der Waals surface area contributed by atoms with Crippen molar-refractivity contribution in [3.8, 4) is 5.75 Å². The first-order valence-electron chi connectivity index (χ1n) is 6.14. The summed E-state index contributed by atoms with van der Waals surface area (Å²) in [4.78, 5) is 4.46. The van der Waals surface area contributed by atoms with Crippen LogP contribution in [0.3, 0.4) is 0 Å². The average Bonchev–Trinajstić information content (AvgIpc) is 2.39. The van der Waals surface area contributed by atoms with Gasteiger partial charge in [-0.2, -0.15) is 0 Å². The number of aromatic nitrogens is 1. The fourth-order valence-electron chi connectivity index (χ4n) is 1.85. The fraction of sp³-hybridized carbons (Fsp3) is 0.267. The molecule has 1 N–H and O–H groups in total. The first-order chi connectivity index (χ1) is 9.19. The van der Waals surface area contributed by atoms with Crippen LogP contribution in [0.2, 0.25) is 0 Å². The Bertz CT molecular complexity index is 558. The van der Waals surface area contributed by atoms with Gasteiger partial charge in [-0.25, -0.2) is 0 Å². The molecule has 2 aromatic rings. The first kappa shape index (κ1) is 14.0. The van der Waals surface area contributed by atoms with E-state index in [1.54, 1.807) is 7.11 Å². The lowest BCUT2D eigenvalue weighted by Crippen LogP contribution is -2.13. The van der Waals surface area contributed by atoms with Crippen molar-refractivity contribution in [1.29, 1.82) is 0 Å². The van der Waals surface area contributed by atoms with Gasteiger partial charge in [-0.15, -0.1) is 0 Å². The maximum absolute atomic E-state index is 5.21. The van der Waals surface area contributed by atoms with Gasteiger partial charge >= 0.3 is 0 Å². The van der Waals surface area contributed by atoms with Crippen LogP contribution in [0.15, 0.2) is 40.9 Å². The summed E-state index contributed by atoms with van der Waals surface area (Å²) in [5.74, 6) is 0.851. The van der Waals surface area contributed by atoms with E-state index in [0.29, 0.717) is 0 Å². The molecule has 0 amide bonds. The van der Waals surface area contributed by atoms with Crippen LogP contribution in [0.5, 0.6) is 5.75 Å². The zero-order valence-electron chi connectivity index (χ0n) is 11.1. The van der Waals surface area contributed by atoms with Gasteiger partial charge < -0.3 is 10.1 Å². The van der Waals surface area contributed by atoms with E-state index in [1.807, 2.05) is 31.2 Å². The van der Waals surface area contributed by atoms with E-state index in [0.717, 1.165) is 34.7 Å². The maximum atomic E-state index is 5.21. The van der Waals surface area contributed by atoms with Gasteiger partial charge in [-0.3, -0.25) is 4.98 Å². The molecule has 0 atom stereocenters. The molecule has 0 unspecified atom stereocenters. The lowest BCUT2D eigenvalue weighted by Gasteiger charge is -2.08. The number of ether oxygens (including phenoxy) is 1. The molecule has 0 saturated carbocycles. The Kier molecular flexibility index (Phi) is 4.93. The highest BCUT2D eigenvalue weighted by Crippen LogP contribution is 2.25. The Labute approximate surface area is 122 Å². The van der Waals surface area contributed by atoms with E-state index < -0.39 is 0 Å². The van der Waals surface area contributed by atoms with Gasteiger partial charge in [-0.05, 0) is 52.7 Å². The lowest BCUT2D eigenvalue weighted by atomic mass is 10.2. The molecule has 100 valence electrons. The molecule has 3 nitrogen and oxygen atoms in total. The summed E-state index contributed by atoms with van der Waals surface area (Å²) in [7, 11) is 1.67. The molecule has 0 aliphatic rings. The minimum atomic E-state index is 0.769. The summed E-state index contributed by atoms with van der Waals surface area (Å²) >= 11 is 3.49. The molecule has 2 rings (SSSR count). The maximum Gasteiger partial charge on any atom is 0.133 e. The minimum absolute atomic E-state index is 0.769. The third-order valence-electron chi connectivity index (χ3n) is 2.80. The zero-order valence-corrected chi connectivity index (χ0v) is 12.7. The lowest BCUT2D eigenvalue weighted by molar-refractivity contribution is 0.412. The number of nitrogens with one attached hydrogen (secondary N) is 1. The molecule has 0 radical (unpaired) electrons. The molecule has 1 aromatic heterocycles. The number of methoxy groups -OCH3 is 1. The molecular formula is C15H17BrN2O. The number of rotatable bonds is 5. The topological polar surface area (TPSA) is 34.1 Å². The largest absolute Gasteiger partial charge is 0.496 e. The van der Waals surface area contributed by atoms with Crippen LogP contribution >= 0.6 is 15.9 Å². The van der Waals surface area contributed by atoms with Crippen LogP contribution in [0.4, 0.5) is 0 Å². The number of nitrogens with zero attached hydrogens (tertiary/aromatic N) is 1. The molecular weight excluding hydrogens is 304 g/mol. The molecule has 19 heavy (non-hydrogen) atoms. The molecule has 0 saturated heterocycles. The number of hydrogen-bond donors (Lipinski definition) is 1. The zero-order chi connectivity index (χ0) is 13.7. The van der Waals surface area contributed by atoms with Crippen molar-refractivity contribution in [3.05, 3.63) is 57.8 Å². The van der Waals surface area contributed by atoms with E-state index in [-0.39, 0.29) is 0 Å². The third kappa shape index (κ3) is 4.04. The van der Waals surface area contributed by atoms with Gasteiger partial charge in [0.25, 0.3) is 0 Å². The van der Waals surface area contributed by atoms with Gasteiger partial charge in [0.15, 0.2) is 0 Å². The van der Waals surface area contributed by atoms with Crippen LogP contribution in [-0.2, 0) is 13.1 Å². The Morgan fingerprint density at radius 3 is 2.74 bits per heavy atom. The van der Waals surface area contributed by atoms with Crippen LogP contribution in [0.25, 0.3) is 0 Å². The number of aryl methyl sites for hydroxylation is 1. The predicted octanol–water partition coefficient (Wildman–Crippen LogP) is 3.45. The van der Waals surface area contributed by atoms with Crippen LogP contribution < -0.4 is 10.1 Å². The molecule has 1 aromatic carbocycles. The summed E-state index contributed by atoms with van der Waals surface area (Å²) in [6.07, 6.45) is 0. The highest BCUT2D eigenvalue weighted by Gasteiger charge is 2.01. The molecule has 0 aliphatic heterocycles. The number of pyridine rings is 1. The Balaban J connectivity index is 1.90. The fourth-order valence-corrected chi connectivity index (χ4v) is 2.44. The van der Waals surface area contributed by atoms with Crippen molar-refractivity contribution in [2.45, 2.75) is 20.0 Å². The third-order valence-corrected chi connectivity index (χ3v) is 3.42. The first-order valence-corrected chi connectivity index (χ1v) is 6.94. The summed E-state index contributed by atoms with van der Waals surface area (Å²) in [6, 6.07) is 12.2. The molecule has 0 bridgehead atoms. The van der Waals surface area contributed by atoms with Gasteiger partial charge in [0.05, 0.1) is 17.3 Å². The predicted molar refractivity (Wildman–Crippen MR) is 80.2 cm³/mol. The van der Waals surface area contributed by atoms with E-state index in [1.165, 1.54) is 5.56 Å². The number of hydrogen-bond acceptors (Lipinski definition) is 3. The van der Waals surface area contributed by atoms with Gasteiger partial charge in [0.2, 0.25) is 0 Å². The average molecular weight is 321 g/mol. The molecule has 1 heterocycles. The smallest absolute Gasteiger partial charge is 0.133 e. The molecule has 4 heteroatoms. The number of halogens is 1. The second kappa shape index (κ2) is 6.68. The van der Waals surface area contributed by atoms with Gasteiger partial charge in [-0.1, -0.05) is 12.1 Å². The summed E-state index contributed by atoms with van der Waals surface area (Å²) in [5, 5.41) is 3.39. The summed E-state index contributed by atoms with van der Waals surface area (Å²) in [5.41, 5.74) is 3.32. The summed E-state index contributed by atoms with van der Waals surface area (Å²) in [6.45, 7) is 3.58. The van der Waals surface area contributed by atoms with E-state index in [2.05, 4.69) is 38.4 Å². The minimum Gasteiger partial charge on any atom is -0.496 e. The highest BCUT2D eigenvalue weighted by atomic mass is 79.9. The van der Waals surface area contributed by atoms with E-state index in [9.17, 15) is 0 Å². The van der Waals surface area contributed by atoms with Crippen LogP contribution in [0, 0.1) is 6.92 Å². The van der Waals surface area contributed by atoms with Gasteiger partial charge in [0, 0.05) is 18.8 Å². The van der Waals surface area contributed by atoms with Crippen molar-refractivity contribution < 1.29 is 4.74 Å². The monoisotopic (exact) mass is 320 g/mol. The van der Waals surface area contributed by atoms with Crippen molar-refractivity contribution in [2.24, 2.45) is 0 Å². The SMILES string of the molecule is COc1ccc(CNCc2cccc(C)n2)cc1Br. The van der Waals surface area contributed by atoms with Gasteiger partial charge in [0.1, 0.15) is 5.75 Å². The Morgan fingerprint density at radius 1 is 1.21 bits per heavy atom. The molecule has 0 aliphatic carbocycles. The number of benzene rings is 1. The van der Waals surface area contributed by atoms with Crippen LogP contribution in [0.1, 0.15) is 17.0 Å². The molecule has 0 fully saturated rings. The standard InChI is InChI=1S/C15H17BrN2O/c1-11-4-3-5-13(18-11)10-17-9-12-6-7-15(19-2)14(16)8-12/h3-8,17H,9-10H2,1-2H3. The van der Waals surface area contributed by atoms with Crippen molar-refractivity contribution >= 4 is 15.9 Å². The van der Waals surface area contributed by atoms with Crippen molar-refractivity contribution in [3.63, 3.8) is 0 Å². The van der Waals surface area contributed by atoms with E-state index >= 15 is 0 Å². The Morgan fingerprint density at radius 2 is 2.05 bits per heavy atom. The van der Waals surface area contributed by atoms with E-state index in [4.69, 9.17) is 4.74 Å². The van der Waals surface area contributed by atoms with Crippen LogP contribution in [-0.4, -0.2) is 12.1 Å². The quantitative estimate of drug-likeness (QED) is 0.916. The van der Waals surface area contributed by atoms with Crippen molar-refractivity contribution in [2.75, 3.05) is 7.11 Å². The second-order valence-electron chi connectivity index (χ2n) is 4.34. The highest BCUT2D eigenvalue weighted by molar-refractivity contribution is 9.10. The normalized spacial score (nSPS) is 10.5. The second-order valence-corrected chi connectivity index (χ2v) is 5.20.